The Morgan fingerprint density at radius 1 is 1.00 bits per heavy atom. The fourth-order valence-electron chi connectivity index (χ4n) is 3.90. The molecule has 1 heterocycles. The standard InChI is InChI=1S/C19H32N2O2/c1-13(16-6-7-16)18(22)20-11-15-5-3-4-10-21(12-15)19(23)14(2)17-8-9-17/h13-17H,3-12H2,1-2H3,(H,20,22). The molecule has 4 heteroatoms. The van der Waals surface area contributed by atoms with Crippen molar-refractivity contribution in [3.8, 4) is 0 Å². The van der Waals surface area contributed by atoms with Crippen LogP contribution < -0.4 is 5.32 Å². The van der Waals surface area contributed by atoms with Gasteiger partial charge in [0, 0.05) is 31.5 Å². The number of nitrogens with zero attached hydrogens (tertiary/aromatic N) is 1. The van der Waals surface area contributed by atoms with E-state index in [0.29, 0.717) is 23.7 Å². The molecule has 2 aliphatic carbocycles. The summed E-state index contributed by atoms with van der Waals surface area (Å²) in [4.78, 5) is 26.9. The smallest absolute Gasteiger partial charge is 0.225 e. The number of hydrogen-bond donors (Lipinski definition) is 1. The Kier molecular flexibility index (Phi) is 5.27. The first kappa shape index (κ1) is 16.8. The number of nitrogens with one attached hydrogen (secondary N) is 1. The van der Waals surface area contributed by atoms with Gasteiger partial charge in [-0.1, -0.05) is 20.3 Å². The Morgan fingerprint density at radius 3 is 2.30 bits per heavy atom. The van der Waals surface area contributed by atoms with Crippen LogP contribution in [0.25, 0.3) is 0 Å². The van der Waals surface area contributed by atoms with Gasteiger partial charge in [-0.2, -0.15) is 0 Å². The number of hydrogen-bond acceptors (Lipinski definition) is 2. The SMILES string of the molecule is CC(C(=O)NCC1CCCCN(C(=O)C(C)C2CC2)C1)C1CC1. The maximum atomic E-state index is 12.7. The minimum atomic E-state index is 0.161. The molecule has 3 rings (SSSR count). The summed E-state index contributed by atoms with van der Waals surface area (Å²) in [6.45, 7) is 6.61. The lowest BCUT2D eigenvalue weighted by molar-refractivity contribution is -0.136. The molecule has 1 N–H and O–H groups in total. The number of carbonyl (C=O) groups is 2. The van der Waals surface area contributed by atoms with Crippen molar-refractivity contribution in [2.75, 3.05) is 19.6 Å². The fraction of sp³-hybridized carbons (Fsp3) is 0.895. The molecule has 2 saturated carbocycles. The zero-order valence-electron chi connectivity index (χ0n) is 14.7. The molecule has 2 amide bonds. The van der Waals surface area contributed by atoms with Crippen molar-refractivity contribution in [3.05, 3.63) is 0 Å². The molecule has 0 radical (unpaired) electrons. The number of carbonyl (C=O) groups excluding carboxylic acids is 2. The molecule has 0 aromatic rings. The summed E-state index contributed by atoms with van der Waals surface area (Å²) in [5, 5.41) is 3.15. The van der Waals surface area contributed by atoms with Gasteiger partial charge in [-0.3, -0.25) is 9.59 Å². The Bertz CT molecular complexity index is 443. The lowest BCUT2D eigenvalue weighted by Gasteiger charge is -2.27. The van der Waals surface area contributed by atoms with Crippen LogP contribution in [-0.2, 0) is 9.59 Å². The second-order valence-electron chi connectivity index (χ2n) is 8.14. The van der Waals surface area contributed by atoms with Crippen molar-refractivity contribution in [2.24, 2.45) is 29.6 Å². The molecular formula is C19H32N2O2. The van der Waals surface area contributed by atoms with Gasteiger partial charge in [-0.25, -0.2) is 0 Å². The van der Waals surface area contributed by atoms with Crippen molar-refractivity contribution in [1.82, 2.24) is 10.2 Å². The van der Waals surface area contributed by atoms with Crippen LogP contribution in [0.3, 0.4) is 0 Å². The molecular weight excluding hydrogens is 288 g/mol. The van der Waals surface area contributed by atoms with Crippen LogP contribution >= 0.6 is 0 Å². The molecule has 3 atom stereocenters. The first-order valence-electron chi connectivity index (χ1n) is 9.62. The van der Waals surface area contributed by atoms with Crippen LogP contribution in [0.2, 0.25) is 0 Å². The molecule has 1 aliphatic heterocycles. The van der Waals surface area contributed by atoms with Crippen LogP contribution in [0, 0.1) is 29.6 Å². The Hall–Kier alpha value is -1.06. The van der Waals surface area contributed by atoms with Crippen molar-refractivity contribution in [1.29, 1.82) is 0 Å². The summed E-state index contributed by atoms with van der Waals surface area (Å²) in [5.41, 5.74) is 0. The second kappa shape index (κ2) is 7.23. The van der Waals surface area contributed by atoms with Gasteiger partial charge in [-0.05, 0) is 56.3 Å². The molecule has 4 nitrogen and oxygen atoms in total. The molecule has 0 aromatic carbocycles. The quantitative estimate of drug-likeness (QED) is 0.818. The van der Waals surface area contributed by atoms with Crippen LogP contribution in [0.4, 0.5) is 0 Å². The molecule has 0 spiro atoms. The second-order valence-corrected chi connectivity index (χ2v) is 8.14. The van der Waals surface area contributed by atoms with E-state index >= 15 is 0 Å². The molecule has 23 heavy (non-hydrogen) atoms. The molecule has 0 bridgehead atoms. The van der Waals surface area contributed by atoms with Gasteiger partial charge in [0.2, 0.25) is 11.8 Å². The lowest BCUT2D eigenvalue weighted by Crippen LogP contribution is -2.42. The summed E-state index contributed by atoms with van der Waals surface area (Å²) in [6, 6.07) is 0. The third kappa shape index (κ3) is 4.48. The van der Waals surface area contributed by atoms with E-state index in [2.05, 4.69) is 17.1 Å². The van der Waals surface area contributed by atoms with Gasteiger partial charge >= 0.3 is 0 Å². The monoisotopic (exact) mass is 320 g/mol. The van der Waals surface area contributed by atoms with E-state index in [4.69, 9.17) is 0 Å². The van der Waals surface area contributed by atoms with E-state index in [9.17, 15) is 9.59 Å². The average Bonchev–Trinajstić information content (AvgIpc) is 3.44. The highest BCUT2D eigenvalue weighted by atomic mass is 16.2. The summed E-state index contributed by atoms with van der Waals surface area (Å²) >= 11 is 0. The van der Waals surface area contributed by atoms with Crippen LogP contribution in [0.5, 0.6) is 0 Å². The number of likely N-dealkylation sites (tertiary alicyclic amines) is 1. The topological polar surface area (TPSA) is 49.4 Å². The van der Waals surface area contributed by atoms with E-state index in [1.54, 1.807) is 0 Å². The van der Waals surface area contributed by atoms with Crippen molar-refractivity contribution < 1.29 is 9.59 Å². The summed E-state index contributed by atoms with van der Waals surface area (Å²) < 4.78 is 0. The number of amides is 2. The Morgan fingerprint density at radius 2 is 1.65 bits per heavy atom. The first-order chi connectivity index (χ1) is 11.1. The number of rotatable bonds is 6. The van der Waals surface area contributed by atoms with Gasteiger partial charge < -0.3 is 10.2 Å². The summed E-state index contributed by atoms with van der Waals surface area (Å²) in [7, 11) is 0. The maximum absolute atomic E-state index is 12.7. The van der Waals surface area contributed by atoms with E-state index in [1.807, 2.05) is 6.92 Å². The molecule has 3 unspecified atom stereocenters. The van der Waals surface area contributed by atoms with E-state index in [0.717, 1.165) is 32.5 Å². The summed E-state index contributed by atoms with van der Waals surface area (Å²) in [5.74, 6) is 2.57. The van der Waals surface area contributed by atoms with E-state index in [-0.39, 0.29) is 17.7 Å². The Balaban J connectivity index is 1.48. The largest absolute Gasteiger partial charge is 0.356 e. The van der Waals surface area contributed by atoms with Gasteiger partial charge in [-0.15, -0.1) is 0 Å². The van der Waals surface area contributed by atoms with Gasteiger partial charge in [0.05, 0.1) is 0 Å². The maximum Gasteiger partial charge on any atom is 0.225 e. The highest BCUT2D eigenvalue weighted by Gasteiger charge is 2.36. The lowest BCUT2D eigenvalue weighted by atomic mass is 10.0. The Labute approximate surface area is 140 Å². The fourth-order valence-corrected chi connectivity index (χ4v) is 3.90. The first-order valence-corrected chi connectivity index (χ1v) is 9.62. The molecule has 1 saturated heterocycles. The van der Waals surface area contributed by atoms with Crippen molar-refractivity contribution in [2.45, 2.75) is 58.8 Å². The zero-order chi connectivity index (χ0) is 16.4. The summed E-state index contributed by atoms with van der Waals surface area (Å²) in [6.07, 6.45) is 8.25. The average molecular weight is 320 g/mol. The van der Waals surface area contributed by atoms with E-state index < -0.39 is 0 Å². The molecule has 3 fully saturated rings. The van der Waals surface area contributed by atoms with Gasteiger partial charge in [0.15, 0.2) is 0 Å². The predicted molar refractivity (Wildman–Crippen MR) is 90.7 cm³/mol. The minimum absolute atomic E-state index is 0.161. The van der Waals surface area contributed by atoms with Crippen LogP contribution in [0.15, 0.2) is 0 Å². The third-order valence-corrected chi connectivity index (χ3v) is 6.11. The predicted octanol–water partition coefficient (Wildman–Crippen LogP) is 2.82. The minimum Gasteiger partial charge on any atom is -0.356 e. The highest BCUT2D eigenvalue weighted by Crippen LogP contribution is 2.38. The normalized spacial score (nSPS) is 27.9. The van der Waals surface area contributed by atoms with Crippen molar-refractivity contribution >= 4 is 11.8 Å². The van der Waals surface area contributed by atoms with Gasteiger partial charge in [0.25, 0.3) is 0 Å². The van der Waals surface area contributed by atoms with Gasteiger partial charge in [0.1, 0.15) is 0 Å². The van der Waals surface area contributed by atoms with Crippen LogP contribution in [0.1, 0.15) is 58.8 Å². The third-order valence-electron chi connectivity index (χ3n) is 6.11. The van der Waals surface area contributed by atoms with Crippen LogP contribution in [-0.4, -0.2) is 36.3 Å². The van der Waals surface area contributed by atoms with E-state index in [1.165, 1.54) is 32.1 Å². The zero-order valence-corrected chi connectivity index (χ0v) is 14.7. The van der Waals surface area contributed by atoms with Crippen molar-refractivity contribution in [3.63, 3.8) is 0 Å². The molecule has 0 aromatic heterocycles. The molecule has 3 aliphatic rings. The molecule has 130 valence electrons. The highest BCUT2D eigenvalue weighted by molar-refractivity contribution is 5.79.